The van der Waals surface area contributed by atoms with Gasteiger partial charge in [-0.25, -0.2) is 17.6 Å². The van der Waals surface area contributed by atoms with Gasteiger partial charge in [0, 0.05) is 5.69 Å². The van der Waals surface area contributed by atoms with Crippen LogP contribution in [0.15, 0.2) is 41.3 Å². The minimum atomic E-state index is -3.93. The summed E-state index contributed by atoms with van der Waals surface area (Å²) in [6, 6.07) is 7.41. The molecule has 0 saturated heterocycles. The lowest BCUT2D eigenvalue weighted by molar-refractivity contribution is 0.0601. The highest BCUT2D eigenvalue weighted by molar-refractivity contribution is 7.92. The number of esters is 1. The minimum Gasteiger partial charge on any atom is -0.465 e. The first-order valence-electron chi connectivity index (χ1n) is 6.41. The van der Waals surface area contributed by atoms with Crippen molar-refractivity contribution in [3.8, 4) is 0 Å². The molecule has 0 unspecified atom stereocenters. The molecule has 0 aliphatic heterocycles. The predicted octanol–water partition coefficient (Wildman–Crippen LogP) is 3.37. The Kier molecular flexibility index (Phi) is 4.91. The number of benzene rings is 2. The molecule has 2 rings (SSSR count). The van der Waals surface area contributed by atoms with Crippen LogP contribution < -0.4 is 4.72 Å². The molecule has 0 spiro atoms. The smallest absolute Gasteiger partial charge is 0.339 e. The van der Waals surface area contributed by atoms with Gasteiger partial charge >= 0.3 is 5.97 Å². The second-order valence-corrected chi connectivity index (χ2v) is 6.76. The standard InChI is InChI=1S/C15H13ClFNO4S/c1-9-7-10(17)3-6-14(9)23(20,21)18-11-4-5-13(16)12(8-11)15(19)22-2/h3-8,18H,1-2H3. The van der Waals surface area contributed by atoms with E-state index in [1.165, 1.54) is 38.3 Å². The Balaban J connectivity index is 2.39. The fourth-order valence-corrected chi connectivity index (χ4v) is 3.45. The van der Waals surface area contributed by atoms with Crippen LogP contribution in [0, 0.1) is 12.7 Å². The molecule has 8 heteroatoms. The first-order valence-corrected chi connectivity index (χ1v) is 8.27. The lowest BCUT2D eigenvalue weighted by Crippen LogP contribution is -2.15. The van der Waals surface area contributed by atoms with Gasteiger partial charge < -0.3 is 4.74 Å². The molecule has 0 amide bonds. The Hall–Kier alpha value is -2.12. The molecule has 0 heterocycles. The summed E-state index contributed by atoms with van der Waals surface area (Å²) in [5, 5.41) is 0.137. The van der Waals surface area contributed by atoms with E-state index in [0.717, 1.165) is 12.1 Å². The van der Waals surface area contributed by atoms with E-state index in [1.54, 1.807) is 0 Å². The van der Waals surface area contributed by atoms with Crippen molar-refractivity contribution in [3.63, 3.8) is 0 Å². The molecule has 2 aromatic carbocycles. The molecule has 122 valence electrons. The summed E-state index contributed by atoms with van der Waals surface area (Å²) in [5.74, 6) is -1.21. The largest absolute Gasteiger partial charge is 0.465 e. The Bertz CT molecular complexity index is 868. The average Bonchev–Trinajstić information content (AvgIpc) is 2.47. The molecule has 0 fully saturated rings. The molecule has 2 aromatic rings. The van der Waals surface area contributed by atoms with Crippen LogP contribution in [0.25, 0.3) is 0 Å². The van der Waals surface area contributed by atoms with E-state index in [-0.39, 0.29) is 26.7 Å². The highest BCUT2D eigenvalue weighted by atomic mass is 35.5. The third kappa shape index (κ3) is 3.80. The van der Waals surface area contributed by atoms with Crippen LogP contribution >= 0.6 is 11.6 Å². The predicted molar refractivity (Wildman–Crippen MR) is 84.7 cm³/mol. The van der Waals surface area contributed by atoms with Crippen LogP contribution in [0.3, 0.4) is 0 Å². The third-order valence-electron chi connectivity index (χ3n) is 3.05. The molecule has 0 aliphatic carbocycles. The zero-order chi connectivity index (χ0) is 17.2. The second-order valence-electron chi connectivity index (χ2n) is 4.70. The number of ether oxygens (including phenoxy) is 1. The van der Waals surface area contributed by atoms with Crippen LogP contribution in [-0.2, 0) is 14.8 Å². The van der Waals surface area contributed by atoms with E-state index in [9.17, 15) is 17.6 Å². The van der Waals surface area contributed by atoms with Gasteiger partial charge in [-0.15, -0.1) is 0 Å². The molecule has 0 bridgehead atoms. The van der Waals surface area contributed by atoms with Gasteiger partial charge in [0.1, 0.15) is 5.82 Å². The zero-order valence-electron chi connectivity index (χ0n) is 12.3. The van der Waals surface area contributed by atoms with Crippen molar-refractivity contribution in [3.05, 3.63) is 58.4 Å². The lowest BCUT2D eigenvalue weighted by atomic mass is 10.2. The highest BCUT2D eigenvalue weighted by Crippen LogP contribution is 2.24. The molecule has 0 aliphatic rings. The van der Waals surface area contributed by atoms with Gasteiger partial charge in [-0.1, -0.05) is 11.6 Å². The number of methoxy groups -OCH3 is 1. The number of nitrogens with one attached hydrogen (secondary N) is 1. The van der Waals surface area contributed by atoms with Gasteiger partial charge in [-0.3, -0.25) is 4.72 Å². The van der Waals surface area contributed by atoms with Crippen molar-refractivity contribution in [2.24, 2.45) is 0 Å². The maximum atomic E-state index is 13.1. The van der Waals surface area contributed by atoms with Gasteiger partial charge in [0.05, 0.1) is 22.6 Å². The van der Waals surface area contributed by atoms with Gasteiger partial charge in [0.25, 0.3) is 10.0 Å². The van der Waals surface area contributed by atoms with Crippen molar-refractivity contribution in [2.45, 2.75) is 11.8 Å². The van der Waals surface area contributed by atoms with Crippen molar-refractivity contribution in [1.29, 1.82) is 0 Å². The normalized spacial score (nSPS) is 11.1. The number of sulfonamides is 1. The molecule has 5 nitrogen and oxygen atoms in total. The zero-order valence-corrected chi connectivity index (χ0v) is 13.8. The fourth-order valence-electron chi connectivity index (χ4n) is 1.98. The summed E-state index contributed by atoms with van der Waals surface area (Å²) >= 11 is 5.88. The van der Waals surface area contributed by atoms with Gasteiger partial charge in [0.15, 0.2) is 0 Å². The average molecular weight is 358 g/mol. The number of aryl methyl sites for hydroxylation is 1. The maximum absolute atomic E-state index is 13.1. The van der Waals surface area contributed by atoms with E-state index < -0.39 is 21.8 Å². The molecule has 0 radical (unpaired) electrons. The molecular formula is C15H13ClFNO4S. The van der Waals surface area contributed by atoms with E-state index in [2.05, 4.69) is 9.46 Å². The van der Waals surface area contributed by atoms with Crippen LogP contribution in [-0.4, -0.2) is 21.5 Å². The van der Waals surface area contributed by atoms with Crippen molar-refractivity contribution >= 4 is 33.3 Å². The van der Waals surface area contributed by atoms with E-state index in [0.29, 0.717) is 0 Å². The molecular weight excluding hydrogens is 345 g/mol. The van der Waals surface area contributed by atoms with Crippen LogP contribution in [0.1, 0.15) is 15.9 Å². The Morgan fingerprint density at radius 2 is 1.91 bits per heavy atom. The van der Waals surface area contributed by atoms with Crippen molar-refractivity contribution in [1.82, 2.24) is 0 Å². The SMILES string of the molecule is COC(=O)c1cc(NS(=O)(=O)c2ccc(F)cc2C)ccc1Cl. The number of carbonyl (C=O) groups is 1. The first kappa shape index (κ1) is 17.2. The van der Waals surface area contributed by atoms with Gasteiger partial charge in [-0.05, 0) is 48.9 Å². The van der Waals surface area contributed by atoms with Crippen molar-refractivity contribution in [2.75, 3.05) is 11.8 Å². The van der Waals surface area contributed by atoms with E-state index in [4.69, 9.17) is 11.6 Å². The fraction of sp³-hybridized carbons (Fsp3) is 0.133. The Labute approximate surface area is 138 Å². The minimum absolute atomic E-state index is 0.0326. The summed E-state index contributed by atoms with van der Waals surface area (Å²) in [4.78, 5) is 11.5. The quantitative estimate of drug-likeness (QED) is 0.851. The third-order valence-corrected chi connectivity index (χ3v) is 4.92. The topological polar surface area (TPSA) is 72.5 Å². The lowest BCUT2D eigenvalue weighted by Gasteiger charge is -2.12. The Morgan fingerprint density at radius 1 is 1.22 bits per heavy atom. The molecule has 0 saturated carbocycles. The molecule has 23 heavy (non-hydrogen) atoms. The monoisotopic (exact) mass is 357 g/mol. The summed E-state index contributed by atoms with van der Waals surface area (Å²) in [6.45, 7) is 1.49. The summed E-state index contributed by atoms with van der Waals surface area (Å²) in [5.41, 5.74) is 0.434. The number of halogens is 2. The summed E-state index contributed by atoms with van der Waals surface area (Å²) in [6.07, 6.45) is 0. The summed E-state index contributed by atoms with van der Waals surface area (Å²) < 4.78 is 44.8. The number of anilines is 1. The van der Waals surface area contributed by atoms with Crippen LogP contribution in [0.2, 0.25) is 5.02 Å². The Morgan fingerprint density at radius 3 is 2.52 bits per heavy atom. The number of hydrogen-bond acceptors (Lipinski definition) is 4. The van der Waals surface area contributed by atoms with E-state index >= 15 is 0 Å². The van der Waals surface area contributed by atoms with E-state index in [1.807, 2.05) is 0 Å². The van der Waals surface area contributed by atoms with Gasteiger partial charge in [-0.2, -0.15) is 0 Å². The summed E-state index contributed by atoms with van der Waals surface area (Å²) in [7, 11) is -2.74. The number of rotatable bonds is 4. The maximum Gasteiger partial charge on any atom is 0.339 e. The van der Waals surface area contributed by atoms with Crippen molar-refractivity contribution < 1.29 is 22.3 Å². The van der Waals surface area contributed by atoms with Crippen LogP contribution in [0.5, 0.6) is 0 Å². The van der Waals surface area contributed by atoms with Crippen LogP contribution in [0.4, 0.5) is 10.1 Å². The molecule has 0 atom stereocenters. The second kappa shape index (κ2) is 6.55. The number of carbonyl (C=O) groups excluding carboxylic acids is 1. The molecule has 0 aromatic heterocycles. The molecule has 1 N–H and O–H groups in total. The highest BCUT2D eigenvalue weighted by Gasteiger charge is 2.19. The number of hydrogen-bond donors (Lipinski definition) is 1. The van der Waals surface area contributed by atoms with Gasteiger partial charge in [0.2, 0.25) is 0 Å². The first-order chi connectivity index (χ1) is 10.7.